The third-order valence-electron chi connectivity index (χ3n) is 3.73. The lowest BCUT2D eigenvalue weighted by Gasteiger charge is -2.49. The summed E-state index contributed by atoms with van der Waals surface area (Å²) in [6.07, 6.45) is 3.74. The maximum Gasteiger partial charge on any atom is 0.239 e. The molecule has 4 N–H and O–H groups in total. The van der Waals surface area contributed by atoms with Gasteiger partial charge in [0.05, 0.1) is 5.54 Å². The molecule has 0 spiro atoms. The van der Waals surface area contributed by atoms with Crippen LogP contribution in [0.15, 0.2) is 23.2 Å². The van der Waals surface area contributed by atoms with E-state index in [1.165, 1.54) is 25.1 Å². The molecule has 1 saturated heterocycles. The molecule has 18 heavy (non-hydrogen) atoms. The van der Waals surface area contributed by atoms with Crippen LogP contribution in [0, 0.1) is 5.92 Å². The van der Waals surface area contributed by atoms with Crippen LogP contribution in [-0.2, 0) is 10.0 Å². The molecule has 0 amide bonds. The van der Waals surface area contributed by atoms with Crippen LogP contribution >= 0.6 is 0 Å². The molecular formula is C11H16N4O2S. The molecule has 1 aromatic rings. The molecule has 1 saturated carbocycles. The van der Waals surface area contributed by atoms with E-state index in [2.05, 4.69) is 9.88 Å². The zero-order chi connectivity index (χ0) is 13.0. The van der Waals surface area contributed by atoms with Crippen LogP contribution in [0.3, 0.4) is 0 Å². The van der Waals surface area contributed by atoms with Gasteiger partial charge in [0.25, 0.3) is 0 Å². The van der Waals surface area contributed by atoms with E-state index in [4.69, 9.17) is 10.9 Å². The minimum Gasteiger partial charge on any atom is -0.353 e. The SMILES string of the molecule is NC1(C2CC2)CN(c2ccc(S(N)(=O)=O)cn2)C1. The van der Waals surface area contributed by atoms with Gasteiger partial charge < -0.3 is 10.6 Å². The summed E-state index contributed by atoms with van der Waals surface area (Å²) in [5.41, 5.74) is 6.18. The lowest BCUT2D eigenvalue weighted by molar-refractivity contribution is 0.289. The topological polar surface area (TPSA) is 102 Å². The smallest absolute Gasteiger partial charge is 0.239 e. The van der Waals surface area contributed by atoms with Crippen LogP contribution in [0.5, 0.6) is 0 Å². The average molecular weight is 268 g/mol. The Bertz CT molecular complexity index is 559. The van der Waals surface area contributed by atoms with Crippen LogP contribution in [0.1, 0.15) is 12.8 Å². The molecule has 0 aromatic carbocycles. The molecule has 1 aliphatic heterocycles. The van der Waals surface area contributed by atoms with Crippen molar-refractivity contribution in [2.75, 3.05) is 18.0 Å². The van der Waals surface area contributed by atoms with Gasteiger partial charge in [0.1, 0.15) is 10.7 Å². The number of sulfonamides is 1. The molecule has 2 aliphatic rings. The Morgan fingerprint density at radius 2 is 2.00 bits per heavy atom. The number of aromatic nitrogens is 1. The molecule has 2 heterocycles. The second-order valence-electron chi connectivity index (χ2n) is 5.26. The lowest BCUT2D eigenvalue weighted by atomic mass is 9.86. The Hall–Kier alpha value is -1.18. The molecule has 2 fully saturated rings. The van der Waals surface area contributed by atoms with Gasteiger partial charge in [-0.25, -0.2) is 18.5 Å². The summed E-state index contributed by atoms with van der Waals surface area (Å²) in [5, 5.41) is 5.02. The van der Waals surface area contributed by atoms with E-state index < -0.39 is 10.0 Å². The molecule has 98 valence electrons. The first kappa shape index (κ1) is 11.9. The van der Waals surface area contributed by atoms with Crippen molar-refractivity contribution in [3.05, 3.63) is 18.3 Å². The van der Waals surface area contributed by atoms with Crippen molar-refractivity contribution in [1.82, 2.24) is 4.98 Å². The maximum atomic E-state index is 11.1. The van der Waals surface area contributed by atoms with Gasteiger partial charge in [-0.2, -0.15) is 0 Å². The molecule has 6 nitrogen and oxygen atoms in total. The van der Waals surface area contributed by atoms with Crippen molar-refractivity contribution < 1.29 is 8.42 Å². The van der Waals surface area contributed by atoms with E-state index >= 15 is 0 Å². The first-order chi connectivity index (χ1) is 8.38. The first-order valence-electron chi connectivity index (χ1n) is 5.91. The number of anilines is 1. The van der Waals surface area contributed by atoms with Crippen molar-refractivity contribution in [2.24, 2.45) is 16.8 Å². The number of rotatable bonds is 3. The van der Waals surface area contributed by atoms with Gasteiger partial charge in [-0.1, -0.05) is 0 Å². The molecule has 1 aliphatic carbocycles. The largest absolute Gasteiger partial charge is 0.353 e. The van der Waals surface area contributed by atoms with Gasteiger partial charge in [0.15, 0.2) is 0 Å². The highest BCUT2D eigenvalue weighted by Crippen LogP contribution is 2.43. The van der Waals surface area contributed by atoms with Crippen LogP contribution in [0.25, 0.3) is 0 Å². The van der Waals surface area contributed by atoms with E-state index in [0.717, 1.165) is 18.9 Å². The van der Waals surface area contributed by atoms with Crippen LogP contribution < -0.4 is 15.8 Å². The van der Waals surface area contributed by atoms with E-state index in [1.54, 1.807) is 6.07 Å². The van der Waals surface area contributed by atoms with E-state index in [-0.39, 0.29) is 10.4 Å². The number of nitrogens with two attached hydrogens (primary N) is 2. The minimum atomic E-state index is -3.67. The standard InChI is InChI=1S/C11H16N4O2S/c12-11(8-1-2-8)6-15(7-11)10-4-3-9(5-14-10)18(13,16)17/h3-5,8H,1-2,6-7,12H2,(H2,13,16,17). The molecule has 0 atom stereocenters. The number of hydrogen-bond acceptors (Lipinski definition) is 5. The minimum absolute atomic E-state index is 0.0352. The molecule has 3 rings (SSSR count). The van der Waals surface area contributed by atoms with E-state index in [0.29, 0.717) is 5.92 Å². The fraction of sp³-hybridized carbons (Fsp3) is 0.545. The first-order valence-corrected chi connectivity index (χ1v) is 7.46. The lowest BCUT2D eigenvalue weighted by Crippen LogP contribution is -2.69. The van der Waals surface area contributed by atoms with Crippen molar-refractivity contribution in [3.63, 3.8) is 0 Å². The van der Waals surface area contributed by atoms with Crippen molar-refractivity contribution in [3.8, 4) is 0 Å². The summed E-state index contributed by atoms with van der Waals surface area (Å²) in [5.74, 6) is 1.40. The highest BCUT2D eigenvalue weighted by atomic mass is 32.2. The summed E-state index contributed by atoms with van der Waals surface area (Å²) >= 11 is 0. The molecular weight excluding hydrogens is 252 g/mol. The van der Waals surface area contributed by atoms with Gasteiger partial charge in [-0.15, -0.1) is 0 Å². The predicted octanol–water partition coefficient (Wildman–Crippen LogP) is -0.343. The maximum absolute atomic E-state index is 11.1. The molecule has 7 heteroatoms. The summed E-state index contributed by atoms with van der Waals surface area (Å²) in [4.78, 5) is 6.22. The van der Waals surface area contributed by atoms with Crippen molar-refractivity contribution in [2.45, 2.75) is 23.3 Å². The fourth-order valence-corrected chi connectivity index (χ4v) is 2.93. The summed E-state index contributed by atoms with van der Waals surface area (Å²) in [6, 6.07) is 3.15. The van der Waals surface area contributed by atoms with Gasteiger partial charge >= 0.3 is 0 Å². The zero-order valence-corrected chi connectivity index (χ0v) is 10.7. The number of hydrogen-bond donors (Lipinski definition) is 2. The number of primary sulfonamides is 1. The highest BCUT2D eigenvalue weighted by molar-refractivity contribution is 7.89. The summed E-state index contributed by atoms with van der Waals surface area (Å²) in [6.45, 7) is 1.58. The van der Waals surface area contributed by atoms with Crippen molar-refractivity contribution >= 4 is 15.8 Å². The summed E-state index contributed by atoms with van der Waals surface area (Å²) < 4.78 is 22.2. The summed E-state index contributed by atoms with van der Waals surface area (Å²) in [7, 11) is -3.67. The van der Waals surface area contributed by atoms with E-state index in [9.17, 15) is 8.42 Å². The number of pyridine rings is 1. The Morgan fingerprint density at radius 3 is 2.44 bits per heavy atom. The molecule has 0 radical (unpaired) electrons. The zero-order valence-electron chi connectivity index (χ0n) is 9.91. The van der Waals surface area contributed by atoms with Gasteiger partial charge in [-0.3, -0.25) is 0 Å². The number of nitrogens with zero attached hydrogens (tertiary/aromatic N) is 2. The Kier molecular flexibility index (Phi) is 2.42. The van der Waals surface area contributed by atoms with Crippen LogP contribution in [0.2, 0.25) is 0 Å². The highest BCUT2D eigenvalue weighted by Gasteiger charge is 2.50. The second kappa shape index (κ2) is 3.66. The van der Waals surface area contributed by atoms with Crippen LogP contribution in [-0.4, -0.2) is 32.0 Å². The molecule has 0 bridgehead atoms. The van der Waals surface area contributed by atoms with Gasteiger partial charge in [-0.05, 0) is 30.9 Å². The third kappa shape index (κ3) is 1.98. The van der Waals surface area contributed by atoms with Gasteiger partial charge in [0, 0.05) is 19.3 Å². The fourth-order valence-electron chi connectivity index (χ4n) is 2.47. The van der Waals surface area contributed by atoms with E-state index in [1.807, 2.05) is 0 Å². The third-order valence-corrected chi connectivity index (χ3v) is 4.63. The molecule has 1 aromatic heterocycles. The van der Waals surface area contributed by atoms with Gasteiger partial charge in [0.2, 0.25) is 10.0 Å². The Morgan fingerprint density at radius 1 is 1.33 bits per heavy atom. The average Bonchev–Trinajstić information content (AvgIpc) is 3.08. The monoisotopic (exact) mass is 268 g/mol. The van der Waals surface area contributed by atoms with Crippen molar-refractivity contribution in [1.29, 1.82) is 0 Å². The Balaban J connectivity index is 1.72. The Labute approximate surface area is 106 Å². The molecule has 0 unspecified atom stereocenters. The quantitative estimate of drug-likeness (QED) is 0.780. The second-order valence-corrected chi connectivity index (χ2v) is 6.82. The van der Waals surface area contributed by atoms with Crippen LogP contribution in [0.4, 0.5) is 5.82 Å². The predicted molar refractivity (Wildman–Crippen MR) is 67.5 cm³/mol. The normalized spacial score (nSPS) is 22.7.